The lowest BCUT2D eigenvalue weighted by molar-refractivity contribution is 0.888. The molecule has 2 rings (SSSR count). The third-order valence-electron chi connectivity index (χ3n) is 2.51. The molecule has 6 heteroatoms. The van der Waals surface area contributed by atoms with Gasteiger partial charge in [-0.25, -0.2) is 15.8 Å². The first kappa shape index (κ1) is 14.1. The van der Waals surface area contributed by atoms with E-state index in [9.17, 15) is 0 Å². The zero-order chi connectivity index (χ0) is 13.7. The second-order valence-corrected chi connectivity index (χ2v) is 5.35. The van der Waals surface area contributed by atoms with Crippen molar-refractivity contribution in [3.63, 3.8) is 0 Å². The largest absolute Gasteiger partial charge is 0.308 e. The molecule has 100 valence electrons. The molecule has 1 aromatic carbocycles. The molecule has 0 saturated carbocycles. The number of aromatic nitrogens is 2. The Morgan fingerprint density at radius 3 is 2.63 bits per heavy atom. The predicted molar refractivity (Wildman–Crippen MR) is 80.2 cm³/mol. The Morgan fingerprint density at radius 1 is 1.26 bits per heavy atom. The van der Waals surface area contributed by atoms with Crippen molar-refractivity contribution in [1.29, 1.82) is 0 Å². The molecule has 3 N–H and O–H groups in total. The van der Waals surface area contributed by atoms with E-state index in [2.05, 4.69) is 15.4 Å². The van der Waals surface area contributed by atoms with Crippen LogP contribution in [0.1, 0.15) is 18.3 Å². The fraction of sp³-hybridized carbons (Fsp3) is 0.231. The first-order valence-electron chi connectivity index (χ1n) is 5.93. The molecule has 19 heavy (non-hydrogen) atoms. The number of benzene rings is 1. The Bertz CT molecular complexity index is 523. The lowest BCUT2D eigenvalue weighted by Gasteiger charge is -2.06. The van der Waals surface area contributed by atoms with Crippen molar-refractivity contribution in [3.8, 4) is 0 Å². The number of nitrogens with one attached hydrogen (secondary N) is 1. The molecule has 0 aliphatic carbocycles. The van der Waals surface area contributed by atoms with E-state index in [1.54, 1.807) is 11.8 Å². The van der Waals surface area contributed by atoms with E-state index >= 15 is 0 Å². The van der Waals surface area contributed by atoms with Gasteiger partial charge in [0, 0.05) is 23.3 Å². The van der Waals surface area contributed by atoms with Gasteiger partial charge >= 0.3 is 0 Å². The van der Waals surface area contributed by atoms with Gasteiger partial charge in [0.15, 0.2) is 0 Å². The highest BCUT2D eigenvalue weighted by molar-refractivity contribution is 7.98. The first-order valence-corrected chi connectivity index (χ1v) is 7.29. The minimum absolute atomic E-state index is 0.644. The lowest BCUT2D eigenvalue weighted by Crippen LogP contribution is -2.10. The van der Waals surface area contributed by atoms with E-state index in [0.29, 0.717) is 5.82 Å². The smallest absolute Gasteiger partial charge is 0.144 e. The summed E-state index contributed by atoms with van der Waals surface area (Å²) < 4.78 is 0. The van der Waals surface area contributed by atoms with Crippen molar-refractivity contribution in [2.45, 2.75) is 24.1 Å². The van der Waals surface area contributed by atoms with Gasteiger partial charge in [-0.3, -0.25) is 0 Å². The average molecular weight is 295 g/mol. The SMILES string of the molecule is CCc1nc(NN)cc(SCc2ccc(Cl)cc2)n1. The maximum atomic E-state index is 5.86. The Labute approximate surface area is 121 Å². The van der Waals surface area contributed by atoms with Crippen LogP contribution >= 0.6 is 23.4 Å². The van der Waals surface area contributed by atoms with E-state index in [-0.39, 0.29) is 0 Å². The van der Waals surface area contributed by atoms with Gasteiger partial charge in [0.05, 0.1) is 0 Å². The zero-order valence-corrected chi connectivity index (χ0v) is 12.1. The first-order chi connectivity index (χ1) is 9.21. The van der Waals surface area contributed by atoms with E-state index in [0.717, 1.165) is 28.0 Å². The number of nitrogens with two attached hydrogens (primary N) is 1. The number of hydrogen-bond acceptors (Lipinski definition) is 5. The minimum Gasteiger partial charge on any atom is -0.308 e. The summed E-state index contributed by atoms with van der Waals surface area (Å²) in [6.07, 6.45) is 0.782. The van der Waals surface area contributed by atoms with Crippen LogP contribution in [0.15, 0.2) is 35.4 Å². The third-order valence-corrected chi connectivity index (χ3v) is 3.75. The fourth-order valence-corrected chi connectivity index (χ4v) is 2.51. The van der Waals surface area contributed by atoms with Gasteiger partial charge in [0.1, 0.15) is 16.7 Å². The number of rotatable bonds is 5. The number of halogens is 1. The maximum absolute atomic E-state index is 5.86. The molecular formula is C13H15ClN4S. The van der Waals surface area contributed by atoms with Crippen molar-refractivity contribution >= 4 is 29.2 Å². The molecule has 1 aromatic heterocycles. The summed E-state index contributed by atoms with van der Waals surface area (Å²) in [7, 11) is 0. The van der Waals surface area contributed by atoms with Crippen molar-refractivity contribution in [2.24, 2.45) is 5.84 Å². The molecule has 1 heterocycles. The summed E-state index contributed by atoms with van der Waals surface area (Å²) in [5.41, 5.74) is 3.77. The second-order valence-electron chi connectivity index (χ2n) is 3.92. The molecule has 4 nitrogen and oxygen atoms in total. The highest BCUT2D eigenvalue weighted by Gasteiger charge is 2.04. The molecule has 0 unspecified atom stereocenters. The van der Waals surface area contributed by atoms with E-state index in [1.807, 2.05) is 37.3 Å². The summed E-state index contributed by atoms with van der Waals surface area (Å²) in [6, 6.07) is 9.65. The lowest BCUT2D eigenvalue weighted by atomic mass is 10.2. The number of hydrazine groups is 1. The number of aryl methyl sites for hydroxylation is 1. The number of hydrogen-bond donors (Lipinski definition) is 2. The molecular weight excluding hydrogens is 280 g/mol. The van der Waals surface area contributed by atoms with Crippen molar-refractivity contribution < 1.29 is 0 Å². The minimum atomic E-state index is 0.644. The topological polar surface area (TPSA) is 63.8 Å². The molecule has 0 spiro atoms. The highest BCUT2D eigenvalue weighted by atomic mass is 35.5. The maximum Gasteiger partial charge on any atom is 0.144 e. The Balaban J connectivity index is 2.08. The van der Waals surface area contributed by atoms with Crippen molar-refractivity contribution in [3.05, 3.63) is 46.7 Å². The van der Waals surface area contributed by atoms with Gasteiger partial charge in [-0.1, -0.05) is 30.7 Å². The van der Waals surface area contributed by atoms with Crippen LogP contribution in [0, 0.1) is 0 Å². The van der Waals surface area contributed by atoms with E-state index in [1.165, 1.54) is 5.56 Å². The van der Waals surface area contributed by atoms with Crippen LogP contribution in [-0.4, -0.2) is 9.97 Å². The van der Waals surface area contributed by atoms with E-state index < -0.39 is 0 Å². The van der Waals surface area contributed by atoms with Crippen molar-refractivity contribution in [2.75, 3.05) is 5.43 Å². The molecule has 0 radical (unpaired) electrons. The molecule has 0 aliphatic heterocycles. The summed E-state index contributed by atoms with van der Waals surface area (Å²) in [4.78, 5) is 8.72. The van der Waals surface area contributed by atoms with Gasteiger partial charge in [-0.15, -0.1) is 11.8 Å². The third kappa shape index (κ3) is 4.09. The number of nitrogen functional groups attached to an aromatic ring is 1. The highest BCUT2D eigenvalue weighted by Crippen LogP contribution is 2.23. The predicted octanol–water partition coefficient (Wildman–Crippen LogP) is 3.27. The van der Waals surface area contributed by atoms with Gasteiger partial charge in [-0.05, 0) is 17.7 Å². The fourth-order valence-electron chi connectivity index (χ4n) is 1.52. The normalized spacial score (nSPS) is 10.5. The number of nitrogens with zero attached hydrogens (tertiary/aromatic N) is 2. The summed E-state index contributed by atoms with van der Waals surface area (Å²) in [5, 5.41) is 1.66. The Morgan fingerprint density at radius 2 is 2.00 bits per heavy atom. The zero-order valence-electron chi connectivity index (χ0n) is 10.6. The molecule has 0 atom stereocenters. The molecule has 0 bridgehead atoms. The summed E-state index contributed by atoms with van der Waals surface area (Å²) in [6.45, 7) is 2.02. The van der Waals surface area contributed by atoms with Gasteiger partial charge in [0.2, 0.25) is 0 Å². The number of anilines is 1. The molecule has 0 aliphatic rings. The van der Waals surface area contributed by atoms with Crippen molar-refractivity contribution in [1.82, 2.24) is 9.97 Å². The van der Waals surface area contributed by atoms with Crippen LogP contribution in [-0.2, 0) is 12.2 Å². The van der Waals surface area contributed by atoms with E-state index in [4.69, 9.17) is 17.4 Å². The summed E-state index contributed by atoms with van der Waals surface area (Å²) in [5.74, 6) is 7.67. The van der Waals surface area contributed by atoms with Crippen LogP contribution in [0.2, 0.25) is 5.02 Å². The molecule has 0 saturated heterocycles. The molecule has 0 amide bonds. The molecule has 0 fully saturated rings. The number of thioether (sulfide) groups is 1. The standard InChI is InChI=1S/C13H15ClN4S/c1-2-11-16-12(18-15)7-13(17-11)19-8-9-3-5-10(14)6-4-9/h3-7H,2,8,15H2,1H3,(H,16,17,18). The Hall–Kier alpha value is -1.30. The van der Waals surface area contributed by atoms with Crippen LogP contribution in [0.3, 0.4) is 0 Å². The van der Waals surface area contributed by atoms with Crippen LogP contribution in [0.5, 0.6) is 0 Å². The monoisotopic (exact) mass is 294 g/mol. The average Bonchev–Trinajstić information content (AvgIpc) is 2.46. The van der Waals surface area contributed by atoms with Gasteiger partial charge < -0.3 is 5.43 Å². The second kappa shape index (κ2) is 6.75. The van der Waals surface area contributed by atoms with Gasteiger partial charge in [0.25, 0.3) is 0 Å². The van der Waals surface area contributed by atoms with Crippen LogP contribution < -0.4 is 11.3 Å². The van der Waals surface area contributed by atoms with Gasteiger partial charge in [-0.2, -0.15) is 0 Å². The molecule has 2 aromatic rings. The summed E-state index contributed by atoms with van der Waals surface area (Å²) >= 11 is 7.51. The Kier molecular flexibility index (Phi) is 5.01. The van der Waals surface area contributed by atoms with Crippen LogP contribution in [0.4, 0.5) is 5.82 Å². The quantitative estimate of drug-likeness (QED) is 0.383. The van der Waals surface area contributed by atoms with Crippen LogP contribution in [0.25, 0.3) is 0 Å².